The minimum absolute atomic E-state index is 0.0432. The molecule has 1 aromatic carbocycles. The van der Waals surface area contributed by atoms with Crippen molar-refractivity contribution in [2.24, 2.45) is 0 Å². The Hall–Kier alpha value is -2.50. The molecular weight excluding hydrogens is 345 g/mol. The van der Waals surface area contributed by atoms with Crippen molar-refractivity contribution in [1.29, 1.82) is 0 Å². The van der Waals surface area contributed by atoms with Crippen molar-refractivity contribution in [3.05, 3.63) is 22.5 Å². The lowest BCUT2D eigenvalue weighted by Crippen LogP contribution is -2.29. The van der Waals surface area contributed by atoms with E-state index in [0.29, 0.717) is 0 Å². The highest BCUT2D eigenvalue weighted by molar-refractivity contribution is 7.88. The van der Waals surface area contributed by atoms with E-state index in [0.717, 1.165) is 12.1 Å². The number of H-pyrrole nitrogens is 1. The first-order valence-corrected chi connectivity index (χ1v) is 7.16. The van der Waals surface area contributed by atoms with Crippen molar-refractivity contribution in [3.8, 4) is 17.4 Å². The van der Waals surface area contributed by atoms with Crippen molar-refractivity contribution in [3.63, 3.8) is 0 Å². The molecule has 8 nitrogen and oxygen atoms in total. The second kappa shape index (κ2) is 5.61. The van der Waals surface area contributed by atoms with E-state index in [-0.39, 0.29) is 22.3 Å². The van der Waals surface area contributed by atoms with Crippen LogP contribution in [0, 0.1) is 0 Å². The number of ether oxygens (including phenoxy) is 2. The molecule has 0 unspecified atom stereocenters. The Bertz CT molecular complexity index is 906. The fourth-order valence-corrected chi connectivity index (χ4v) is 2.11. The molecular formula is C11H9F3N2O6S. The number of fused-ring (bicyclic) bond motifs is 1. The van der Waals surface area contributed by atoms with E-state index >= 15 is 0 Å². The Morgan fingerprint density at radius 3 is 2.09 bits per heavy atom. The summed E-state index contributed by atoms with van der Waals surface area (Å²) in [5.74, 6) is -0.791. The number of alkyl halides is 3. The number of nitrogens with zero attached hydrogens (tertiary/aromatic N) is 1. The molecule has 126 valence electrons. The molecule has 0 atom stereocenters. The predicted octanol–water partition coefficient (Wildman–Crippen LogP) is 1.17. The van der Waals surface area contributed by atoms with Gasteiger partial charge in [-0.05, 0) is 12.1 Å². The third kappa shape index (κ3) is 3.02. The van der Waals surface area contributed by atoms with Crippen LogP contribution in [0.4, 0.5) is 13.2 Å². The molecule has 0 spiro atoms. The van der Waals surface area contributed by atoms with Gasteiger partial charge in [0.1, 0.15) is 0 Å². The van der Waals surface area contributed by atoms with E-state index in [2.05, 4.69) is 9.28 Å². The SMILES string of the molecule is COc1cc2c(OS(=O)(=O)C(F)(F)F)n[nH]c(=O)c2cc1OC. The van der Waals surface area contributed by atoms with E-state index in [4.69, 9.17) is 9.47 Å². The van der Waals surface area contributed by atoms with Gasteiger partial charge in [0.15, 0.2) is 11.5 Å². The summed E-state index contributed by atoms with van der Waals surface area (Å²) in [6.07, 6.45) is 0. The third-order valence-electron chi connectivity index (χ3n) is 2.73. The van der Waals surface area contributed by atoms with Crippen LogP contribution >= 0.6 is 0 Å². The van der Waals surface area contributed by atoms with E-state index in [1.807, 2.05) is 5.10 Å². The van der Waals surface area contributed by atoms with Gasteiger partial charge in [-0.15, -0.1) is 5.10 Å². The Kier molecular flexibility index (Phi) is 4.11. The van der Waals surface area contributed by atoms with Gasteiger partial charge in [0.2, 0.25) is 0 Å². The van der Waals surface area contributed by atoms with E-state index in [9.17, 15) is 26.4 Å². The number of aromatic nitrogens is 2. The molecule has 23 heavy (non-hydrogen) atoms. The zero-order valence-electron chi connectivity index (χ0n) is 11.6. The number of hydrogen-bond donors (Lipinski definition) is 1. The highest BCUT2D eigenvalue weighted by Gasteiger charge is 2.49. The van der Waals surface area contributed by atoms with Gasteiger partial charge in [0, 0.05) is 0 Å². The van der Waals surface area contributed by atoms with Gasteiger partial charge < -0.3 is 13.7 Å². The lowest BCUT2D eigenvalue weighted by molar-refractivity contribution is -0.0501. The molecule has 0 amide bonds. The first kappa shape index (κ1) is 16.9. The summed E-state index contributed by atoms with van der Waals surface area (Å²) in [6.45, 7) is 0. The topological polar surface area (TPSA) is 108 Å². The molecule has 0 aliphatic rings. The Morgan fingerprint density at radius 2 is 1.61 bits per heavy atom. The molecule has 0 fully saturated rings. The van der Waals surface area contributed by atoms with Crippen molar-refractivity contribution < 1.29 is 35.2 Å². The fraction of sp³-hybridized carbons (Fsp3) is 0.273. The van der Waals surface area contributed by atoms with Gasteiger partial charge in [0.05, 0.1) is 25.0 Å². The zero-order valence-corrected chi connectivity index (χ0v) is 12.4. The summed E-state index contributed by atoms with van der Waals surface area (Å²) >= 11 is 0. The van der Waals surface area contributed by atoms with E-state index < -0.39 is 27.1 Å². The summed E-state index contributed by atoms with van der Waals surface area (Å²) < 4.78 is 73.3. The fourth-order valence-electron chi connectivity index (χ4n) is 1.68. The number of aromatic amines is 1. The van der Waals surface area contributed by atoms with Crippen LogP contribution in [-0.2, 0) is 10.1 Å². The average molecular weight is 354 g/mol. The second-order valence-electron chi connectivity index (χ2n) is 4.09. The van der Waals surface area contributed by atoms with E-state index in [1.165, 1.54) is 14.2 Å². The van der Waals surface area contributed by atoms with Crippen LogP contribution in [0.5, 0.6) is 17.4 Å². The Labute approximate surface area is 126 Å². The van der Waals surface area contributed by atoms with Crippen LogP contribution in [0.3, 0.4) is 0 Å². The van der Waals surface area contributed by atoms with Gasteiger partial charge in [-0.3, -0.25) is 4.79 Å². The zero-order chi connectivity index (χ0) is 17.4. The molecule has 0 saturated carbocycles. The molecule has 0 aliphatic heterocycles. The highest BCUT2D eigenvalue weighted by atomic mass is 32.2. The van der Waals surface area contributed by atoms with Crippen molar-refractivity contribution in [2.45, 2.75) is 5.51 Å². The average Bonchev–Trinajstić information content (AvgIpc) is 2.47. The number of hydrogen-bond acceptors (Lipinski definition) is 7. The number of rotatable bonds is 4. The predicted molar refractivity (Wildman–Crippen MR) is 71.1 cm³/mol. The summed E-state index contributed by atoms with van der Waals surface area (Å²) in [6, 6.07) is 2.24. The first-order chi connectivity index (χ1) is 10.6. The lowest BCUT2D eigenvalue weighted by Gasteiger charge is -2.12. The first-order valence-electron chi connectivity index (χ1n) is 5.76. The molecule has 1 heterocycles. The summed E-state index contributed by atoms with van der Waals surface area (Å²) in [4.78, 5) is 11.7. The normalized spacial score (nSPS) is 12.2. The van der Waals surface area contributed by atoms with Crippen molar-refractivity contribution >= 4 is 20.9 Å². The number of methoxy groups -OCH3 is 2. The highest BCUT2D eigenvalue weighted by Crippen LogP contribution is 2.35. The molecule has 0 saturated heterocycles. The summed E-state index contributed by atoms with van der Waals surface area (Å²) in [5.41, 5.74) is -6.43. The molecule has 12 heteroatoms. The molecule has 2 rings (SSSR count). The number of benzene rings is 1. The Balaban J connectivity index is 2.72. The van der Waals surface area contributed by atoms with Crippen LogP contribution in [0.25, 0.3) is 10.8 Å². The standard InChI is InChI=1S/C11H9F3N2O6S/c1-20-7-3-5-6(4-8(7)21-2)10(16-15-9(5)17)22-23(18,19)11(12,13)14/h3-4H,1-2H3,(H,15,17). The minimum atomic E-state index is -5.95. The van der Waals surface area contributed by atoms with E-state index in [1.54, 1.807) is 0 Å². The van der Waals surface area contributed by atoms with Gasteiger partial charge in [-0.1, -0.05) is 0 Å². The summed E-state index contributed by atoms with van der Waals surface area (Å²) in [5, 5.41) is 4.57. The van der Waals surface area contributed by atoms with Crippen molar-refractivity contribution in [1.82, 2.24) is 10.2 Å². The molecule has 0 radical (unpaired) electrons. The van der Waals surface area contributed by atoms with Crippen LogP contribution in [0.15, 0.2) is 16.9 Å². The van der Waals surface area contributed by atoms with Gasteiger partial charge >= 0.3 is 15.6 Å². The maximum Gasteiger partial charge on any atom is 0.534 e. The van der Waals surface area contributed by atoms with Gasteiger partial charge in [-0.2, -0.15) is 21.6 Å². The third-order valence-corrected chi connectivity index (χ3v) is 3.67. The van der Waals surface area contributed by atoms with Crippen molar-refractivity contribution in [2.75, 3.05) is 14.2 Å². The molecule has 2 aromatic rings. The molecule has 0 aliphatic carbocycles. The van der Waals surface area contributed by atoms with Crippen LogP contribution < -0.4 is 19.2 Å². The molecule has 1 aromatic heterocycles. The summed E-state index contributed by atoms with van der Waals surface area (Å²) in [7, 11) is -3.42. The molecule has 1 N–H and O–H groups in total. The van der Waals surface area contributed by atoms with Crippen LogP contribution in [0.1, 0.15) is 0 Å². The van der Waals surface area contributed by atoms with Crippen LogP contribution in [-0.4, -0.2) is 38.3 Å². The maximum atomic E-state index is 12.4. The lowest BCUT2D eigenvalue weighted by atomic mass is 10.1. The maximum absolute atomic E-state index is 12.4. The molecule has 0 bridgehead atoms. The smallest absolute Gasteiger partial charge is 0.493 e. The van der Waals surface area contributed by atoms with Gasteiger partial charge in [0.25, 0.3) is 11.4 Å². The van der Waals surface area contributed by atoms with Crippen LogP contribution in [0.2, 0.25) is 0 Å². The minimum Gasteiger partial charge on any atom is -0.493 e. The monoisotopic (exact) mass is 354 g/mol. The van der Waals surface area contributed by atoms with Gasteiger partial charge in [-0.25, -0.2) is 5.10 Å². The Morgan fingerprint density at radius 1 is 1.09 bits per heavy atom. The quantitative estimate of drug-likeness (QED) is 0.648. The largest absolute Gasteiger partial charge is 0.534 e. The second-order valence-corrected chi connectivity index (χ2v) is 5.63. The number of nitrogens with one attached hydrogen (secondary N) is 1. The number of halogens is 3.